The highest BCUT2D eigenvalue weighted by molar-refractivity contribution is 7.13. The summed E-state index contributed by atoms with van der Waals surface area (Å²) >= 11 is 1.49. The van der Waals surface area contributed by atoms with Gasteiger partial charge in [0, 0.05) is 35.6 Å². The molecule has 6 heteroatoms. The van der Waals surface area contributed by atoms with E-state index in [1.165, 1.54) is 24.2 Å². The summed E-state index contributed by atoms with van der Waals surface area (Å²) in [6.07, 6.45) is 6.44. The number of rotatable bonds is 5. The minimum atomic E-state index is -0.128. The SMILES string of the molecule is CC1CCN(Cc2csc(NC(=O)c3cccc(-n4cccc4)c3)n2)CC1. The van der Waals surface area contributed by atoms with E-state index in [9.17, 15) is 4.79 Å². The molecule has 1 N–H and O–H groups in total. The third kappa shape index (κ3) is 4.46. The molecule has 4 rings (SSSR count). The van der Waals surface area contributed by atoms with Crippen molar-refractivity contribution in [3.05, 3.63) is 65.4 Å². The predicted octanol–water partition coefficient (Wildman–Crippen LogP) is 4.42. The summed E-state index contributed by atoms with van der Waals surface area (Å²) in [5, 5.41) is 5.64. The van der Waals surface area contributed by atoms with Crippen molar-refractivity contribution in [1.29, 1.82) is 0 Å². The molecule has 1 fully saturated rings. The lowest BCUT2D eigenvalue weighted by Crippen LogP contribution is -2.32. The number of hydrogen-bond donors (Lipinski definition) is 1. The van der Waals surface area contributed by atoms with E-state index in [2.05, 4.69) is 22.1 Å². The van der Waals surface area contributed by atoms with Crippen LogP contribution in [0.15, 0.2) is 54.2 Å². The minimum absolute atomic E-state index is 0.128. The van der Waals surface area contributed by atoms with Crippen molar-refractivity contribution in [3.8, 4) is 5.69 Å². The van der Waals surface area contributed by atoms with Gasteiger partial charge < -0.3 is 4.57 Å². The molecule has 0 spiro atoms. The molecular formula is C21H24N4OS. The first kappa shape index (κ1) is 17.9. The van der Waals surface area contributed by atoms with Gasteiger partial charge in [-0.15, -0.1) is 11.3 Å². The molecular weight excluding hydrogens is 356 g/mol. The molecule has 1 aromatic carbocycles. The van der Waals surface area contributed by atoms with E-state index in [0.29, 0.717) is 10.7 Å². The highest BCUT2D eigenvalue weighted by Gasteiger charge is 2.17. The Morgan fingerprint density at radius 3 is 2.78 bits per heavy atom. The van der Waals surface area contributed by atoms with Gasteiger partial charge in [0.1, 0.15) is 0 Å². The van der Waals surface area contributed by atoms with Crippen molar-refractivity contribution in [2.24, 2.45) is 5.92 Å². The van der Waals surface area contributed by atoms with Gasteiger partial charge in [0.25, 0.3) is 5.91 Å². The van der Waals surface area contributed by atoms with Gasteiger partial charge in [-0.1, -0.05) is 13.0 Å². The number of likely N-dealkylation sites (tertiary alicyclic amines) is 1. The number of amides is 1. The molecule has 0 radical (unpaired) electrons. The molecule has 0 unspecified atom stereocenters. The lowest BCUT2D eigenvalue weighted by atomic mass is 9.99. The zero-order chi connectivity index (χ0) is 18.6. The van der Waals surface area contributed by atoms with Crippen LogP contribution in [0.5, 0.6) is 0 Å². The van der Waals surface area contributed by atoms with Crippen LogP contribution in [0.1, 0.15) is 35.8 Å². The summed E-state index contributed by atoms with van der Waals surface area (Å²) in [7, 11) is 0. The smallest absolute Gasteiger partial charge is 0.257 e. The maximum Gasteiger partial charge on any atom is 0.257 e. The third-order valence-corrected chi connectivity index (χ3v) is 5.85. The monoisotopic (exact) mass is 380 g/mol. The van der Waals surface area contributed by atoms with Gasteiger partial charge in [0.2, 0.25) is 0 Å². The lowest BCUT2D eigenvalue weighted by Gasteiger charge is -2.29. The molecule has 1 aliphatic heterocycles. The second kappa shape index (κ2) is 8.06. The second-order valence-electron chi connectivity index (χ2n) is 7.20. The Kier molecular flexibility index (Phi) is 5.36. The first-order valence-electron chi connectivity index (χ1n) is 9.39. The number of carbonyl (C=O) groups is 1. The largest absolute Gasteiger partial charge is 0.324 e. The molecule has 0 saturated carbocycles. The molecule has 0 aliphatic carbocycles. The Hall–Kier alpha value is -2.44. The topological polar surface area (TPSA) is 50.2 Å². The highest BCUT2D eigenvalue weighted by Crippen LogP contribution is 2.21. The van der Waals surface area contributed by atoms with E-state index in [1.807, 2.05) is 58.7 Å². The Labute approximate surface area is 163 Å². The summed E-state index contributed by atoms with van der Waals surface area (Å²) < 4.78 is 1.98. The molecule has 3 heterocycles. The van der Waals surface area contributed by atoms with Crippen molar-refractivity contribution in [3.63, 3.8) is 0 Å². The number of aromatic nitrogens is 2. The van der Waals surface area contributed by atoms with E-state index in [-0.39, 0.29) is 5.91 Å². The lowest BCUT2D eigenvalue weighted by molar-refractivity contribution is 0.102. The van der Waals surface area contributed by atoms with Crippen LogP contribution in [0.4, 0.5) is 5.13 Å². The molecule has 1 saturated heterocycles. The van der Waals surface area contributed by atoms with Crippen molar-refractivity contribution >= 4 is 22.4 Å². The molecule has 140 valence electrons. The van der Waals surface area contributed by atoms with E-state index in [4.69, 9.17) is 0 Å². The normalized spacial score (nSPS) is 15.7. The van der Waals surface area contributed by atoms with Crippen LogP contribution in [0.3, 0.4) is 0 Å². The minimum Gasteiger partial charge on any atom is -0.324 e. The van der Waals surface area contributed by atoms with E-state index in [0.717, 1.165) is 36.9 Å². The summed E-state index contributed by atoms with van der Waals surface area (Å²) in [5.41, 5.74) is 2.63. The summed E-state index contributed by atoms with van der Waals surface area (Å²) in [5.74, 6) is 0.700. The molecule has 1 amide bonds. The molecule has 3 aromatic rings. The Bertz CT molecular complexity index is 895. The molecule has 5 nitrogen and oxygen atoms in total. The maximum absolute atomic E-state index is 12.6. The number of nitrogens with zero attached hydrogens (tertiary/aromatic N) is 3. The number of anilines is 1. The second-order valence-corrected chi connectivity index (χ2v) is 8.06. The maximum atomic E-state index is 12.6. The average Bonchev–Trinajstić information content (AvgIpc) is 3.36. The van der Waals surface area contributed by atoms with Crippen LogP contribution < -0.4 is 5.32 Å². The number of nitrogens with one attached hydrogen (secondary N) is 1. The highest BCUT2D eigenvalue weighted by atomic mass is 32.1. The van der Waals surface area contributed by atoms with Crippen molar-refractivity contribution < 1.29 is 4.79 Å². The van der Waals surface area contributed by atoms with Crippen molar-refractivity contribution in [2.45, 2.75) is 26.3 Å². The van der Waals surface area contributed by atoms with Crippen LogP contribution in [-0.2, 0) is 6.54 Å². The number of thiazole rings is 1. The zero-order valence-corrected chi connectivity index (χ0v) is 16.3. The fourth-order valence-corrected chi connectivity index (χ4v) is 4.07. The van der Waals surface area contributed by atoms with Crippen LogP contribution >= 0.6 is 11.3 Å². The van der Waals surface area contributed by atoms with Gasteiger partial charge in [-0.2, -0.15) is 0 Å². The van der Waals surface area contributed by atoms with Crippen molar-refractivity contribution in [2.75, 3.05) is 18.4 Å². The van der Waals surface area contributed by atoms with Gasteiger partial charge in [-0.25, -0.2) is 4.98 Å². The third-order valence-electron chi connectivity index (χ3n) is 5.04. The molecule has 27 heavy (non-hydrogen) atoms. The van der Waals surface area contributed by atoms with E-state index in [1.54, 1.807) is 0 Å². The molecule has 0 atom stereocenters. The summed E-state index contributed by atoms with van der Waals surface area (Å²) in [6, 6.07) is 11.5. The standard InChI is InChI=1S/C21H24N4OS/c1-16-7-11-24(12-8-16)14-18-15-27-21(22-18)23-20(26)17-5-4-6-19(13-17)25-9-2-3-10-25/h2-6,9-10,13,15-16H,7-8,11-12,14H2,1H3,(H,22,23,26). The number of piperidine rings is 1. The number of carbonyl (C=O) groups excluding carboxylic acids is 1. The fourth-order valence-electron chi connectivity index (χ4n) is 3.37. The Morgan fingerprint density at radius 1 is 1.22 bits per heavy atom. The first-order chi connectivity index (χ1) is 13.2. The first-order valence-corrected chi connectivity index (χ1v) is 10.3. The zero-order valence-electron chi connectivity index (χ0n) is 15.5. The summed E-state index contributed by atoms with van der Waals surface area (Å²) in [4.78, 5) is 19.7. The van der Waals surface area contributed by atoms with E-state index < -0.39 is 0 Å². The quantitative estimate of drug-likeness (QED) is 0.713. The van der Waals surface area contributed by atoms with Crippen LogP contribution in [-0.4, -0.2) is 33.4 Å². The molecule has 2 aromatic heterocycles. The number of hydrogen-bond acceptors (Lipinski definition) is 4. The fraction of sp³-hybridized carbons (Fsp3) is 0.333. The van der Waals surface area contributed by atoms with Crippen molar-refractivity contribution in [1.82, 2.24) is 14.5 Å². The van der Waals surface area contributed by atoms with Crippen LogP contribution in [0.25, 0.3) is 5.69 Å². The summed E-state index contributed by atoms with van der Waals surface area (Å²) in [6.45, 7) is 5.44. The van der Waals surface area contributed by atoms with Gasteiger partial charge in [-0.3, -0.25) is 15.0 Å². The molecule has 0 bridgehead atoms. The average molecular weight is 381 g/mol. The number of benzene rings is 1. The van der Waals surface area contributed by atoms with Gasteiger partial charge in [-0.05, 0) is 62.2 Å². The Morgan fingerprint density at radius 2 is 2.00 bits per heavy atom. The van der Waals surface area contributed by atoms with Gasteiger partial charge in [0.15, 0.2) is 5.13 Å². The molecule has 1 aliphatic rings. The predicted molar refractivity (Wildman–Crippen MR) is 110 cm³/mol. The van der Waals surface area contributed by atoms with Crippen LogP contribution in [0, 0.1) is 5.92 Å². The van der Waals surface area contributed by atoms with Gasteiger partial charge in [0.05, 0.1) is 5.69 Å². The van der Waals surface area contributed by atoms with Crippen LogP contribution in [0.2, 0.25) is 0 Å². The van der Waals surface area contributed by atoms with Gasteiger partial charge >= 0.3 is 0 Å². The van der Waals surface area contributed by atoms with E-state index >= 15 is 0 Å². The Balaban J connectivity index is 1.39.